The Morgan fingerprint density at radius 3 is 2.61 bits per heavy atom. The minimum Gasteiger partial charge on any atom is -0.505 e. The number of aromatic hydroxyl groups is 1. The van der Waals surface area contributed by atoms with Crippen LogP contribution in [0.2, 0.25) is 6.32 Å². The van der Waals surface area contributed by atoms with Crippen LogP contribution in [0.5, 0.6) is 5.75 Å². The Hall–Kier alpha value is -2.45. The van der Waals surface area contributed by atoms with E-state index < -0.39 is 18.9 Å². The molecule has 5 rings (SSSR count). The Kier molecular flexibility index (Phi) is 7.83. The molecule has 1 aromatic rings. The fourth-order valence-electron chi connectivity index (χ4n) is 7.30. The molecule has 2 aliphatic carbocycles. The lowest BCUT2D eigenvalue weighted by molar-refractivity contribution is -0.143. The monoisotopic (exact) mass is 523 g/mol. The van der Waals surface area contributed by atoms with Gasteiger partial charge >= 0.3 is 7.12 Å². The average Bonchev–Trinajstić information content (AvgIpc) is 3.14. The highest BCUT2D eigenvalue weighted by Gasteiger charge is 2.58. The van der Waals surface area contributed by atoms with E-state index in [0.717, 1.165) is 43.3 Å². The van der Waals surface area contributed by atoms with E-state index in [1.165, 1.54) is 17.7 Å². The zero-order chi connectivity index (χ0) is 27.1. The Bertz CT molecular complexity index is 1160. The van der Waals surface area contributed by atoms with Crippen molar-refractivity contribution >= 4 is 25.0 Å². The summed E-state index contributed by atoms with van der Waals surface area (Å²) in [5.41, 5.74) is 4.00. The van der Waals surface area contributed by atoms with Gasteiger partial charge in [-0.15, -0.1) is 0 Å². The van der Waals surface area contributed by atoms with E-state index >= 15 is 0 Å². The van der Waals surface area contributed by atoms with Crippen molar-refractivity contribution in [2.45, 2.75) is 90.6 Å². The summed E-state index contributed by atoms with van der Waals surface area (Å²) in [5, 5.41) is 20.2. The van der Waals surface area contributed by atoms with Crippen molar-refractivity contribution in [3.05, 3.63) is 46.3 Å². The van der Waals surface area contributed by atoms with E-state index in [0.29, 0.717) is 31.1 Å². The molecular formula is C30H39BFNO5. The van der Waals surface area contributed by atoms with Crippen LogP contribution in [0, 0.1) is 29.5 Å². The van der Waals surface area contributed by atoms with Gasteiger partial charge in [0.1, 0.15) is 0 Å². The molecule has 2 heterocycles. The van der Waals surface area contributed by atoms with Crippen LogP contribution in [-0.4, -0.2) is 46.1 Å². The summed E-state index contributed by atoms with van der Waals surface area (Å²) in [7, 11) is -0.983. The number of carbonyl (C=O) groups is 2. The summed E-state index contributed by atoms with van der Waals surface area (Å²) < 4.78 is 19.9. The van der Waals surface area contributed by atoms with Crippen LogP contribution in [0.3, 0.4) is 0 Å². The summed E-state index contributed by atoms with van der Waals surface area (Å²) in [6.45, 7) is 6.23. The molecule has 0 radical (unpaired) electrons. The Morgan fingerprint density at radius 1 is 1.18 bits per heavy atom. The number of rotatable bonds is 6. The summed E-state index contributed by atoms with van der Waals surface area (Å²) in [5.74, 6) is -1.83. The standard InChI is InChI=1S/C30H39BFNO5/c1-17(2)21-15-22-28(30(36)33(29(22)35)20-7-5-4-6-8-20)23-16-31(37)38-26(27(21)23)12-9-18(3)13-19-10-11-25(34)24(32)14-19/h10-11,13-14,17,20,22-23,26,28,34,37H,4-9,12,15-16H2,1-3H3/b18-13+/t22-,23+,26-,28-/m1/s1. The maximum Gasteiger partial charge on any atom is 0.455 e. The van der Waals surface area contributed by atoms with Crippen molar-refractivity contribution in [2.24, 2.45) is 23.7 Å². The van der Waals surface area contributed by atoms with Gasteiger partial charge in [-0.2, -0.15) is 0 Å². The molecule has 0 bridgehead atoms. The normalized spacial score (nSPS) is 28.8. The first kappa shape index (κ1) is 27.1. The van der Waals surface area contributed by atoms with Gasteiger partial charge in [-0.25, -0.2) is 4.39 Å². The third-order valence-electron chi connectivity index (χ3n) is 9.10. The molecule has 8 heteroatoms. The molecule has 4 aliphatic rings. The van der Waals surface area contributed by atoms with Gasteiger partial charge in [-0.3, -0.25) is 14.5 Å². The number of amides is 2. The number of phenolic OH excluding ortho intramolecular Hbond substituents is 1. The van der Waals surface area contributed by atoms with Crippen LogP contribution in [0.4, 0.5) is 4.39 Å². The third kappa shape index (κ3) is 5.09. The van der Waals surface area contributed by atoms with Crippen molar-refractivity contribution in [1.82, 2.24) is 4.90 Å². The first-order valence-corrected chi connectivity index (χ1v) is 14.2. The lowest BCUT2D eigenvalue weighted by Crippen LogP contribution is -2.47. The van der Waals surface area contributed by atoms with Gasteiger partial charge in [0.15, 0.2) is 11.6 Å². The van der Waals surface area contributed by atoms with E-state index in [-0.39, 0.29) is 47.5 Å². The van der Waals surface area contributed by atoms with Crippen LogP contribution < -0.4 is 0 Å². The number of halogens is 1. The molecular weight excluding hydrogens is 484 g/mol. The largest absolute Gasteiger partial charge is 0.505 e. The lowest BCUT2D eigenvalue weighted by Gasteiger charge is -2.44. The summed E-state index contributed by atoms with van der Waals surface area (Å²) in [4.78, 5) is 29.1. The SMILES string of the molecule is C/C(=C\c1ccc(O)c(F)c1)CC[C@H]1OB(O)C[C@H]2C1=C(C(C)C)C[C@H]1C(=O)N(C3CCCCC3)C(=O)[C@H]12. The highest BCUT2D eigenvalue weighted by molar-refractivity contribution is 6.43. The van der Waals surface area contributed by atoms with Crippen molar-refractivity contribution in [3.63, 3.8) is 0 Å². The molecule has 4 atom stereocenters. The number of carbonyl (C=O) groups excluding carboxylic acids is 2. The van der Waals surface area contributed by atoms with Crippen LogP contribution >= 0.6 is 0 Å². The Labute approximate surface area is 225 Å². The quantitative estimate of drug-likeness (QED) is 0.292. The molecule has 0 aromatic heterocycles. The number of hydrogen-bond acceptors (Lipinski definition) is 5. The number of hydrogen-bond donors (Lipinski definition) is 2. The smallest absolute Gasteiger partial charge is 0.455 e. The van der Waals surface area contributed by atoms with Gasteiger partial charge < -0.3 is 14.8 Å². The van der Waals surface area contributed by atoms with Crippen LogP contribution in [0.1, 0.15) is 77.7 Å². The Morgan fingerprint density at radius 2 is 1.92 bits per heavy atom. The number of phenols is 1. The maximum atomic E-state index is 13.8. The molecule has 2 saturated heterocycles. The minimum absolute atomic E-state index is 0.0124. The third-order valence-corrected chi connectivity index (χ3v) is 9.10. The van der Waals surface area contributed by atoms with E-state index in [2.05, 4.69) is 13.8 Å². The lowest BCUT2D eigenvalue weighted by atomic mass is 9.57. The van der Waals surface area contributed by atoms with Gasteiger partial charge in [0, 0.05) is 6.04 Å². The highest BCUT2D eigenvalue weighted by Crippen LogP contribution is 2.52. The van der Waals surface area contributed by atoms with Crippen LogP contribution in [-0.2, 0) is 14.2 Å². The van der Waals surface area contributed by atoms with E-state index in [1.807, 2.05) is 13.0 Å². The summed E-state index contributed by atoms with van der Waals surface area (Å²) in [6, 6.07) is 4.32. The van der Waals surface area contributed by atoms with Crippen molar-refractivity contribution in [2.75, 3.05) is 0 Å². The molecule has 1 saturated carbocycles. The van der Waals surface area contributed by atoms with Gasteiger partial charge in [0.05, 0.1) is 17.9 Å². The maximum absolute atomic E-state index is 13.8. The first-order valence-electron chi connectivity index (χ1n) is 14.2. The van der Waals surface area contributed by atoms with Gasteiger partial charge in [-0.1, -0.05) is 56.4 Å². The predicted molar refractivity (Wildman–Crippen MR) is 144 cm³/mol. The molecule has 6 nitrogen and oxygen atoms in total. The Balaban J connectivity index is 1.40. The van der Waals surface area contributed by atoms with Crippen molar-refractivity contribution in [3.8, 4) is 5.75 Å². The predicted octanol–water partition coefficient (Wildman–Crippen LogP) is 5.50. The number of fused-ring (bicyclic) bond motifs is 3. The molecule has 1 aromatic carbocycles. The number of benzene rings is 1. The average molecular weight is 523 g/mol. The molecule has 2 amide bonds. The summed E-state index contributed by atoms with van der Waals surface area (Å²) in [6.07, 6.45) is 8.80. The fraction of sp³-hybridized carbons (Fsp3) is 0.600. The minimum atomic E-state index is -0.983. The first-order chi connectivity index (χ1) is 18.2. The van der Waals surface area contributed by atoms with Crippen molar-refractivity contribution in [1.29, 1.82) is 0 Å². The second-order valence-electron chi connectivity index (χ2n) is 12.0. The second kappa shape index (κ2) is 11.0. The fourth-order valence-corrected chi connectivity index (χ4v) is 7.30. The number of allylic oxidation sites excluding steroid dienone is 2. The molecule has 0 unspecified atom stereocenters. The molecule has 0 spiro atoms. The highest BCUT2D eigenvalue weighted by atomic mass is 19.1. The van der Waals surface area contributed by atoms with Gasteiger partial charge in [0.2, 0.25) is 11.8 Å². The molecule has 204 valence electrons. The molecule has 2 N–H and O–H groups in total. The van der Waals surface area contributed by atoms with Crippen LogP contribution in [0.25, 0.3) is 6.08 Å². The van der Waals surface area contributed by atoms with Crippen molar-refractivity contribution < 1.29 is 28.8 Å². The number of imide groups is 1. The summed E-state index contributed by atoms with van der Waals surface area (Å²) >= 11 is 0. The zero-order valence-electron chi connectivity index (χ0n) is 22.7. The van der Waals surface area contributed by atoms with E-state index in [1.54, 1.807) is 11.0 Å². The van der Waals surface area contributed by atoms with E-state index in [9.17, 15) is 24.1 Å². The molecule has 2 aliphatic heterocycles. The van der Waals surface area contributed by atoms with E-state index in [4.69, 9.17) is 4.65 Å². The number of nitrogens with zero attached hydrogens (tertiary/aromatic N) is 1. The number of likely N-dealkylation sites (tertiary alicyclic amines) is 1. The second-order valence-corrected chi connectivity index (χ2v) is 12.0. The van der Waals surface area contributed by atoms with Gasteiger partial charge in [-0.05, 0) is 80.5 Å². The topological polar surface area (TPSA) is 87.1 Å². The molecule has 38 heavy (non-hydrogen) atoms. The molecule has 3 fully saturated rings. The zero-order valence-corrected chi connectivity index (χ0v) is 22.7. The van der Waals surface area contributed by atoms with Gasteiger partial charge in [0.25, 0.3) is 0 Å². The van der Waals surface area contributed by atoms with Crippen LogP contribution in [0.15, 0.2) is 34.9 Å².